The number of nitrogens with zero attached hydrogens (tertiary/aromatic N) is 5. The highest BCUT2D eigenvalue weighted by atomic mass is 15.0. The zero-order valence-electron chi connectivity index (χ0n) is 27.7. The summed E-state index contributed by atoms with van der Waals surface area (Å²) in [4.78, 5) is 14.5. The Labute approximate surface area is 296 Å². The van der Waals surface area contributed by atoms with Crippen LogP contribution in [0.1, 0.15) is 0 Å². The van der Waals surface area contributed by atoms with E-state index >= 15 is 0 Å². The summed E-state index contributed by atoms with van der Waals surface area (Å²) in [6.07, 6.45) is 3.71. The predicted molar refractivity (Wildman–Crippen MR) is 214 cm³/mol. The van der Waals surface area contributed by atoms with Crippen molar-refractivity contribution in [3.63, 3.8) is 0 Å². The van der Waals surface area contributed by atoms with Crippen LogP contribution in [0.2, 0.25) is 0 Å². The molecule has 0 saturated heterocycles. The van der Waals surface area contributed by atoms with Gasteiger partial charge in [0.15, 0.2) is 0 Å². The molecule has 5 nitrogen and oxygen atoms in total. The second kappa shape index (κ2) is 9.36. The fraction of sp³-hybridized carbons (Fsp3) is 0. The van der Waals surface area contributed by atoms with E-state index in [4.69, 9.17) is 4.98 Å². The predicted octanol–water partition coefficient (Wildman–Crippen LogP) is 11.7. The molecule has 0 fully saturated rings. The van der Waals surface area contributed by atoms with Gasteiger partial charge in [0.1, 0.15) is 0 Å². The lowest BCUT2D eigenvalue weighted by atomic mass is 9.96. The lowest BCUT2D eigenvalue weighted by molar-refractivity contribution is 1.18. The van der Waals surface area contributed by atoms with Gasteiger partial charge in [-0.3, -0.25) is 9.97 Å². The van der Waals surface area contributed by atoms with E-state index in [1.54, 1.807) is 0 Å². The van der Waals surface area contributed by atoms with Crippen molar-refractivity contribution >= 4 is 81.4 Å². The maximum Gasteiger partial charge on any atom is 0.0993 e. The molecule has 238 valence electrons. The van der Waals surface area contributed by atoms with Gasteiger partial charge < -0.3 is 8.97 Å². The third-order valence-corrected chi connectivity index (χ3v) is 11.5. The van der Waals surface area contributed by atoms with Crippen LogP contribution in [0.25, 0.3) is 121 Å². The lowest BCUT2D eigenvalue weighted by Crippen LogP contribution is -1.97. The van der Waals surface area contributed by atoms with Crippen LogP contribution in [0.4, 0.5) is 0 Å². The molecule has 0 atom stereocenters. The first kappa shape index (κ1) is 26.7. The first-order valence-electron chi connectivity index (χ1n) is 17.7. The molecule has 13 rings (SSSR count). The molecule has 0 saturated carbocycles. The van der Waals surface area contributed by atoms with Crippen LogP contribution in [-0.2, 0) is 0 Å². The topological polar surface area (TPSA) is 48.0 Å². The fourth-order valence-electron chi connectivity index (χ4n) is 9.37. The summed E-state index contributed by atoms with van der Waals surface area (Å²) in [6, 6.07) is 50.9. The van der Waals surface area contributed by atoms with Crippen LogP contribution in [-0.4, -0.2) is 23.9 Å². The van der Waals surface area contributed by atoms with Crippen molar-refractivity contribution in [3.05, 3.63) is 152 Å². The van der Waals surface area contributed by atoms with Gasteiger partial charge in [0.05, 0.1) is 50.4 Å². The summed E-state index contributed by atoms with van der Waals surface area (Å²) >= 11 is 0. The first-order chi connectivity index (χ1) is 25.8. The minimum atomic E-state index is 0.908. The summed E-state index contributed by atoms with van der Waals surface area (Å²) in [5.41, 5.74) is 13.1. The summed E-state index contributed by atoms with van der Waals surface area (Å²) in [6.45, 7) is 0. The number of para-hydroxylation sites is 3. The summed E-state index contributed by atoms with van der Waals surface area (Å²) in [7, 11) is 0. The molecule has 5 heteroatoms. The maximum absolute atomic E-state index is 5.21. The summed E-state index contributed by atoms with van der Waals surface area (Å²) in [5, 5.41) is 12.5. The van der Waals surface area contributed by atoms with E-state index in [1.165, 1.54) is 70.7 Å². The van der Waals surface area contributed by atoms with E-state index in [0.717, 1.165) is 50.4 Å². The van der Waals surface area contributed by atoms with Crippen molar-refractivity contribution in [1.29, 1.82) is 0 Å². The van der Waals surface area contributed by atoms with Crippen molar-refractivity contribution in [2.24, 2.45) is 0 Å². The Bertz CT molecular complexity index is 3510. The van der Waals surface area contributed by atoms with Gasteiger partial charge in [-0.1, -0.05) is 84.9 Å². The average Bonchev–Trinajstić information content (AvgIpc) is 3.84. The molecular formula is C47H25N5. The van der Waals surface area contributed by atoms with Crippen LogP contribution in [0, 0.1) is 0 Å². The lowest BCUT2D eigenvalue weighted by Gasteiger charge is -2.15. The molecular weight excluding hydrogens is 635 g/mol. The van der Waals surface area contributed by atoms with Crippen LogP contribution < -0.4 is 0 Å². The number of fused-ring (bicyclic) bond motifs is 12. The molecule has 0 aliphatic heterocycles. The molecule has 12 aromatic rings. The number of aromatic nitrogens is 5. The van der Waals surface area contributed by atoms with Crippen molar-refractivity contribution < 1.29 is 0 Å². The Morgan fingerprint density at radius 1 is 0.423 bits per heavy atom. The molecule has 0 bridgehead atoms. The van der Waals surface area contributed by atoms with E-state index in [2.05, 4.69) is 152 Å². The van der Waals surface area contributed by atoms with E-state index in [0.29, 0.717) is 0 Å². The van der Waals surface area contributed by atoms with E-state index < -0.39 is 0 Å². The van der Waals surface area contributed by atoms with E-state index in [9.17, 15) is 0 Å². The van der Waals surface area contributed by atoms with Gasteiger partial charge in [-0.2, -0.15) is 0 Å². The number of hydrogen-bond acceptors (Lipinski definition) is 3. The van der Waals surface area contributed by atoms with Gasteiger partial charge in [-0.05, 0) is 70.8 Å². The van der Waals surface area contributed by atoms with Crippen LogP contribution in [0.3, 0.4) is 0 Å². The van der Waals surface area contributed by atoms with Crippen molar-refractivity contribution in [3.8, 4) is 39.6 Å². The van der Waals surface area contributed by atoms with Crippen LogP contribution in [0.15, 0.2) is 152 Å². The molecule has 0 spiro atoms. The van der Waals surface area contributed by atoms with Crippen molar-refractivity contribution in [1.82, 2.24) is 23.9 Å². The quantitative estimate of drug-likeness (QED) is 0.137. The number of benzene rings is 6. The highest BCUT2D eigenvalue weighted by Gasteiger charge is 2.26. The van der Waals surface area contributed by atoms with Crippen LogP contribution >= 0.6 is 0 Å². The zero-order valence-corrected chi connectivity index (χ0v) is 27.7. The van der Waals surface area contributed by atoms with E-state index in [1.807, 2.05) is 18.5 Å². The smallest absolute Gasteiger partial charge is 0.0993 e. The largest absolute Gasteiger partial charge is 0.309 e. The minimum Gasteiger partial charge on any atom is -0.309 e. The minimum absolute atomic E-state index is 0.908. The Balaban J connectivity index is 1.09. The first-order valence-corrected chi connectivity index (χ1v) is 17.7. The zero-order chi connectivity index (χ0) is 33.7. The summed E-state index contributed by atoms with van der Waals surface area (Å²) < 4.78 is 4.94. The molecule has 6 aromatic heterocycles. The number of rotatable bonds is 2. The Hall–Kier alpha value is -7.11. The highest BCUT2D eigenvalue weighted by Crippen LogP contribution is 2.47. The van der Waals surface area contributed by atoms with Gasteiger partial charge >= 0.3 is 0 Å². The fourth-order valence-corrected chi connectivity index (χ4v) is 9.37. The number of hydrogen-bond donors (Lipinski definition) is 0. The van der Waals surface area contributed by atoms with Crippen molar-refractivity contribution in [2.45, 2.75) is 0 Å². The van der Waals surface area contributed by atoms with Gasteiger partial charge in [-0.15, -0.1) is 0 Å². The standard InChI is InChI=1S/C47H25N5/c1-3-15-37-29(8-1)31-11-6-12-32-30-10-5-13-34-42(30)40(52(37)47(31)32)25-39-43(34)33-9-2-4-16-38(33)51(39)28-19-17-26(18-20-28)36-24-27-21-23-49-46-41(27)44(50-36)35-14-7-22-48-45(35)46/h1-25H. The third-order valence-electron chi connectivity index (χ3n) is 11.5. The van der Waals surface area contributed by atoms with Crippen molar-refractivity contribution in [2.75, 3.05) is 0 Å². The molecule has 6 aromatic carbocycles. The molecule has 0 unspecified atom stereocenters. The van der Waals surface area contributed by atoms with Gasteiger partial charge in [0, 0.05) is 66.9 Å². The van der Waals surface area contributed by atoms with E-state index in [-0.39, 0.29) is 0 Å². The SMILES string of the molecule is c1cnc2c(c1)-c1nc(-c3ccc(-n4c5ccccc5c5c6cccc7c8cccc9c%10ccccc%10n(c(cc54)c76)c89)cc3)cc3ccnc-2c13. The highest BCUT2D eigenvalue weighted by molar-refractivity contribution is 6.33. The maximum atomic E-state index is 5.21. The van der Waals surface area contributed by atoms with Gasteiger partial charge in [0.25, 0.3) is 0 Å². The van der Waals surface area contributed by atoms with Gasteiger partial charge in [-0.25, -0.2) is 4.98 Å². The molecule has 1 aliphatic rings. The molecule has 6 heterocycles. The molecule has 0 amide bonds. The Kier molecular flexibility index (Phi) is 4.81. The monoisotopic (exact) mass is 659 g/mol. The second-order valence-electron chi connectivity index (χ2n) is 14.0. The second-order valence-corrected chi connectivity index (χ2v) is 14.0. The third kappa shape index (κ3) is 3.18. The van der Waals surface area contributed by atoms with Crippen LogP contribution in [0.5, 0.6) is 0 Å². The number of pyridine rings is 4. The normalized spacial score (nSPS) is 12.6. The molecule has 0 radical (unpaired) electrons. The Morgan fingerprint density at radius 2 is 1.13 bits per heavy atom. The Morgan fingerprint density at radius 3 is 2.02 bits per heavy atom. The average molecular weight is 660 g/mol. The molecule has 1 aliphatic carbocycles. The summed E-state index contributed by atoms with van der Waals surface area (Å²) in [5.74, 6) is 0. The molecule has 52 heavy (non-hydrogen) atoms. The van der Waals surface area contributed by atoms with Gasteiger partial charge in [0.2, 0.25) is 0 Å². The molecule has 0 N–H and O–H groups in total.